The van der Waals surface area contributed by atoms with E-state index >= 15 is 0 Å². The number of rotatable bonds is 14. The molecule has 0 aliphatic rings. The molecule has 0 spiro atoms. The van der Waals surface area contributed by atoms with E-state index in [1.165, 1.54) is 0 Å². The molecule has 0 saturated heterocycles. The molecule has 0 unspecified atom stereocenters. The number of halogens is 1. The first-order chi connectivity index (χ1) is 18.9. The number of nitrogens with zero attached hydrogens (tertiary/aromatic N) is 4. The second-order valence-electron chi connectivity index (χ2n) is 8.64. The summed E-state index contributed by atoms with van der Waals surface area (Å²) < 4.78 is 7.37. The molecule has 0 radical (unpaired) electrons. The van der Waals surface area contributed by atoms with Crippen molar-refractivity contribution in [2.75, 3.05) is 6.61 Å². The van der Waals surface area contributed by atoms with Crippen LogP contribution in [0.2, 0.25) is 5.15 Å². The van der Waals surface area contributed by atoms with Crippen LogP contribution in [-0.4, -0.2) is 33.0 Å². The third-order valence-electron chi connectivity index (χ3n) is 6.00. The Hall–Kier alpha value is -4.16. The second-order valence-corrected chi connectivity index (χ2v) is 9.00. The van der Waals surface area contributed by atoms with Crippen molar-refractivity contribution >= 4 is 23.4 Å². The minimum absolute atomic E-state index is 0.0124. The van der Waals surface area contributed by atoms with Gasteiger partial charge in [0.05, 0.1) is 12.3 Å². The van der Waals surface area contributed by atoms with Crippen LogP contribution >= 0.6 is 11.6 Å². The molecule has 0 amide bonds. The van der Waals surface area contributed by atoms with Crippen LogP contribution in [0.15, 0.2) is 53.6 Å². The van der Waals surface area contributed by atoms with Gasteiger partial charge in [-0.2, -0.15) is 5.10 Å². The van der Waals surface area contributed by atoms with E-state index in [1.54, 1.807) is 0 Å². The number of nitrogens with one attached hydrogen (secondary N) is 1. The number of hydrogen-bond donors (Lipinski definition) is 3. The van der Waals surface area contributed by atoms with Crippen LogP contribution < -0.4 is 17.1 Å². The van der Waals surface area contributed by atoms with Crippen LogP contribution in [0.3, 0.4) is 0 Å². The van der Waals surface area contributed by atoms with Crippen molar-refractivity contribution in [3.63, 3.8) is 0 Å². The number of hydrazone groups is 1. The van der Waals surface area contributed by atoms with Crippen molar-refractivity contribution in [3.8, 4) is 11.1 Å². The van der Waals surface area contributed by atoms with Gasteiger partial charge in [0.25, 0.3) is 5.09 Å². The molecule has 39 heavy (non-hydrogen) atoms. The Bertz CT molecular complexity index is 1290. The molecule has 1 aromatic heterocycles. The quantitative estimate of drug-likeness (QED) is 0.0507. The number of esters is 1. The highest BCUT2D eigenvalue weighted by molar-refractivity contribution is 6.30. The molecule has 0 fully saturated rings. The summed E-state index contributed by atoms with van der Waals surface area (Å²) >= 11 is 6.46. The van der Waals surface area contributed by atoms with E-state index in [9.17, 15) is 14.9 Å². The fraction of sp³-hybridized carbons (Fsp3) is 0.346. The summed E-state index contributed by atoms with van der Waals surface area (Å²) in [7, 11) is 0. The highest BCUT2D eigenvalue weighted by Crippen LogP contribution is 2.26. The third-order valence-corrected chi connectivity index (χ3v) is 6.30. The molecule has 3 aromatic rings. The summed E-state index contributed by atoms with van der Waals surface area (Å²) in [6.45, 7) is 2.33. The summed E-state index contributed by atoms with van der Waals surface area (Å²) in [5.74, 6) is 11.7. The number of nitrogens with two attached hydrogens (primary N) is 2. The van der Waals surface area contributed by atoms with Gasteiger partial charge < -0.3 is 25.4 Å². The Morgan fingerprint density at radius 2 is 1.95 bits per heavy atom. The molecule has 13 heteroatoms. The maximum atomic E-state index is 12.2. The Labute approximate surface area is 231 Å². The lowest BCUT2D eigenvalue weighted by Gasteiger charge is -2.14. The fourth-order valence-electron chi connectivity index (χ4n) is 4.03. The van der Waals surface area contributed by atoms with Crippen molar-refractivity contribution in [1.29, 1.82) is 0 Å². The SMILES string of the molecule is CCCCc1nc(Cl)c(COC(=O)CCCO[N+](=O)[O-])n1Cc1ccc(-c2ccccc2/C(=N/N)NN)cc1. The van der Waals surface area contributed by atoms with Gasteiger partial charge in [0, 0.05) is 24.9 Å². The largest absolute Gasteiger partial charge is 0.459 e. The van der Waals surface area contributed by atoms with Gasteiger partial charge in [-0.05, 0) is 29.5 Å². The third kappa shape index (κ3) is 8.16. The summed E-state index contributed by atoms with van der Waals surface area (Å²) in [6.07, 6.45) is 2.80. The molecule has 5 N–H and O–H groups in total. The minimum atomic E-state index is -0.893. The predicted octanol–water partition coefficient (Wildman–Crippen LogP) is 3.71. The maximum Gasteiger partial charge on any atom is 0.306 e. The summed E-state index contributed by atoms with van der Waals surface area (Å²) in [5, 5.41) is 13.4. The molecule has 0 atom stereocenters. The fourth-order valence-corrected chi connectivity index (χ4v) is 4.28. The van der Waals surface area contributed by atoms with E-state index in [2.05, 4.69) is 27.3 Å². The number of aryl methyl sites for hydroxylation is 1. The van der Waals surface area contributed by atoms with E-state index in [4.69, 9.17) is 28.0 Å². The second kappa shape index (κ2) is 14.7. The number of benzene rings is 2. The molecule has 0 saturated carbocycles. The molecule has 0 aliphatic heterocycles. The molecular formula is C26H32ClN7O5. The Morgan fingerprint density at radius 1 is 1.21 bits per heavy atom. The molecule has 208 valence electrons. The van der Waals surface area contributed by atoms with Gasteiger partial charge in [0.1, 0.15) is 12.4 Å². The van der Waals surface area contributed by atoms with Crippen LogP contribution in [0.5, 0.6) is 0 Å². The van der Waals surface area contributed by atoms with Crippen LogP contribution in [0.4, 0.5) is 0 Å². The van der Waals surface area contributed by atoms with E-state index in [0.29, 0.717) is 18.1 Å². The van der Waals surface area contributed by atoms with E-state index < -0.39 is 11.1 Å². The lowest BCUT2D eigenvalue weighted by Crippen LogP contribution is -2.32. The van der Waals surface area contributed by atoms with Gasteiger partial charge in [-0.25, -0.2) is 10.8 Å². The highest BCUT2D eigenvalue weighted by Gasteiger charge is 2.18. The van der Waals surface area contributed by atoms with Crippen LogP contribution in [-0.2, 0) is 33.9 Å². The first-order valence-electron chi connectivity index (χ1n) is 12.5. The van der Waals surface area contributed by atoms with Gasteiger partial charge in [0.15, 0.2) is 11.0 Å². The van der Waals surface area contributed by atoms with Crippen LogP contribution in [0.1, 0.15) is 55.3 Å². The normalized spacial score (nSPS) is 11.3. The van der Waals surface area contributed by atoms with Crippen molar-refractivity contribution in [1.82, 2.24) is 15.0 Å². The maximum absolute atomic E-state index is 12.2. The van der Waals surface area contributed by atoms with Gasteiger partial charge in [-0.15, -0.1) is 10.1 Å². The Balaban J connectivity index is 1.78. The van der Waals surface area contributed by atoms with Crippen LogP contribution in [0, 0.1) is 10.1 Å². The minimum Gasteiger partial charge on any atom is -0.459 e. The van der Waals surface area contributed by atoms with Crippen molar-refractivity contribution in [2.24, 2.45) is 16.8 Å². The topological polar surface area (TPSA) is 173 Å². The van der Waals surface area contributed by atoms with Crippen molar-refractivity contribution in [2.45, 2.75) is 52.2 Å². The first kappa shape index (κ1) is 29.4. The lowest BCUT2D eigenvalue weighted by molar-refractivity contribution is -0.757. The number of ether oxygens (including phenoxy) is 1. The van der Waals surface area contributed by atoms with Crippen LogP contribution in [0.25, 0.3) is 11.1 Å². The molecule has 3 rings (SSSR count). The monoisotopic (exact) mass is 557 g/mol. The number of imidazole rings is 1. The van der Waals surface area contributed by atoms with Crippen molar-refractivity contribution in [3.05, 3.63) is 86.4 Å². The zero-order chi connectivity index (χ0) is 28.2. The number of hydrazine groups is 1. The predicted molar refractivity (Wildman–Crippen MR) is 147 cm³/mol. The first-order valence-corrected chi connectivity index (χ1v) is 12.9. The average molecular weight is 558 g/mol. The van der Waals surface area contributed by atoms with Gasteiger partial charge >= 0.3 is 5.97 Å². The Morgan fingerprint density at radius 3 is 2.62 bits per heavy atom. The van der Waals surface area contributed by atoms with Gasteiger partial charge in [-0.3, -0.25) is 4.79 Å². The lowest BCUT2D eigenvalue weighted by atomic mass is 9.98. The van der Waals surface area contributed by atoms with Gasteiger partial charge in [0.2, 0.25) is 0 Å². The summed E-state index contributed by atoms with van der Waals surface area (Å²) in [6, 6.07) is 15.6. The summed E-state index contributed by atoms with van der Waals surface area (Å²) in [5.41, 5.74) is 6.75. The summed E-state index contributed by atoms with van der Waals surface area (Å²) in [4.78, 5) is 31.2. The zero-order valence-corrected chi connectivity index (χ0v) is 22.4. The molecule has 0 aliphatic carbocycles. The van der Waals surface area contributed by atoms with E-state index in [1.807, 2.05) is 53.1 Å². The number of carbonyl (C=O) groups excluding carboxylic acids is 1. The number of hydrogen-bond acceptors (Lipinski definition) is 9. The zero-order valence-electron chi connectivity index (χ0n) is 21.6. The number of amidine groups is 1. The molecule has 0 bridgehead atoms. The molecule has 12 nitrogen and oxygen atoms in total. The van der Waals surface area contributed by atoms with E-state index in [-0.39, 0.29) is 31.2 Å². The average Bonchev–Trinajstić information content (AvgIpc) is 3.23. The molecular weight excluding hydrogens is 526 g/mol. The smallest absolute Gasteiger partial charge is 0.306 e. The van der Waals surface area contributed by atoms with Crippen molar-refractivity contribution < 1.29 is 19.5 Å². The number of aromatic nitrogens is 2. The van der Waals surface area contributed by atoms with Gasteiger partial charge in [-0.1, -0.05) is 73.5 Å². The Kier molecular flexibility index (Phi) is 11.1. The highest BCUT2D eigenvalue weighted by atomic mass is 35.5. The molecule has 2 aromatic carbocycles. The van der Waals surface area contributed by atoms with E-state index in [0.717, 1.165) is 47.3 Å². The standard InChI is InChI=1S/C26H32ClN7O5/c1-2-3-9-23-30-25(27)22(17-38-24(35)10-6-15-39-34(36)37)33(23)16-18-11-13-19(14-12-18)20-7-4-5-8-21(20)26(31-28)32-29/h4-5,7-8,11-14H,2-3,6,9-10,15-17,28-29H2,1H3,(H,31,32). The molecule has 1 heterocycles. The number of carbonyl (C=O) groups is 1. The number of unbranched alkanes of at least 4 members (excludes halogenated alkanes) is 1.